The molecule has 10 heteroatoms. The first-order chi connectivity index (χ1) is 15.7. The van der Waals surface area contributed by atoms with Crippen molar-refractivity contribution in [2.75, 3.05) is 13.2 Å². The molecule has 1 aliphatic rings. The number of carbonyl (C=O) groups is 4. The average molecular weight is 463 g/mol. The van der Waals surface area contributed by atoms with Gasteiger partial charge in [0.05, 0.1) is 12.6 Å². The van der Waals surface area contributed by atoms with Crippen molar-refractivity contribution in [2.45, 2.75) is 63.7 Å². The SMILES string of the molecule is CCC(C)C(N)C(=O)NC(Cc1ccccc1)C(=O)NC(CO)C(=O)N1CCCC1C(=O)O. The summed E-state index contributed by atoms with van der Waals surface area (Å²) in [5, 5.41) is 24.2. The molecule has 1 aromatic rings. The van der Waals surface area contributed by atoms with Gasteiger partial charge in [-0.2, -0.15) is 0 Å². The lowest BCUT2D eigenvalue weighted by Crippen LogP contribution is -2.59. The molecule has 3 amide bonds. The lowest BCUT2D eigenvalue weighted by molar-refractivity contribution is -0.150. The van der Waals surface area contributed by atoms with Crippen LogP contribution in [0.15, 0.2) is 30.3 Å². The molecule has 1 heterocycles. The van der Waals surface area contributed by atoms with Crippen LogP contribution < -0.4 is 16.4 Å². The largest absolute Gasteiger partial charge is 0.480 e. The molecule has 1 aliphatic heterocycles. The number of benzene rings is 1. The summed E-state index contributed by atoms with van der Waals surface area (Å²) in [7, 11) is 0. The molecule has 5 atom stereocenters. The van der Waals surface area contributed by atoms with Crippen LogP contribution in [-0.4, -0.2) is 76.1 Å². The number of hydrogen-bond donors (Lipinski definition) is 5. The van der Waals surface area contributed by atoms with Gasteiger partial charge in [-0.1, -0.05) is 50.6 Å². The Labute approximate surface area is 193 Å². The van der Waals surface area contributed by atoms with Crippen molar-refractivity contribution in [3.8, 4) is 0 Å². The average Bonchev–Trinajstić information content (AvgIpc) is 3.31. The maximum Gasteiger partial charge on any atom is 0.326 e. The van der Waals surface area contributed by atoms with Gasteiger partial charge in [0.1, 0.15) is 18.1 Å². The summed E-state index contributed by atoms with van der Waals surface area (Å²) in [6.45, 7) is 3.28. The number of rotatable bonds is 11. The van der Waals surface area contributed by atoms with Gasteiger partial charge in [0.25, 0.3) is 0 Å². The second kappa shape index (κ2) is 12.3. The number of likely N-dealkylation sites (tertiary alicyclic amines) is 1. The minimum absolute atomic E-state index is 0.0969. The molecular formula is C23H34N4O6. The number of carboxylic acids is 1. The van der Waals surface area contributed by atoms with Crippen molar-refractivity contribution < 1.29 is 29.4 Å². The van der Waals surface area contributed by atoms with E-state index in [0.717, 1.165) is 10.5 Å². The topological polar surface area (TPSA) is 162 Å². The van der Waals surface area contributed by atoms with Crippen LogP contribution in [0.5, 0.6) is 0 Å². The zero-order valence-corrected chi connectivity index (χ0v) is 19.1. The first-order valence-electron chi connectivity index (χ1n) is 11.2. The molecule has 1 fully saturated rings. The number of aliphatic hydroxyl groups excluding tert-OH is 1. The lowest BCUT2D eigenvalue weighted by Gasteiger charge is -2.28. The van der Waals surface area contributed by atoms with Gasteiger partial charge in [-0.05, 0) is 24.3 Å². The number of aliphatic hydroxyl groups is 1. The molecule has 10 nitrogen and oxygen atoms in total. The summed E-state index contributed by atoms with van der Waals surface area (Å²) in [6, 6.07) is 4.88. The normalized spacial score (nSPS) is 19.3. The van der Waals surface area contributed by atoms with E-state index in [-0.39, 0.29) is 18.9 Å². The summed E-state index contributed by atoms with van der Waals surface area (Å²) in [5.74, 6) is -3.05. The van der Waals surface area contributed by atoms with E-state index >= 15 is 0 Å². The fourth-order valence-corrected chi connectivity index (χ4v) is 3.78. The Kier molecular flexibility index (Phi) is 9.80. The molecule has 182 valence electrons. The molecule has 2 rings (SSSR count). The molecule has 0 aliphatic carbocycles. The molecule has 5 unspecified atom stereocenters. The van der Waals surface area contributed by atoms with Gasteiger partial charge < -0.3 is 31.5 Å². The highest BCUT2D eigenvalue weighted by molar-refractivity contribution is 5.94. The van der Waals surface area contributed by atoms with Crippen molar-refractivity contribution in [3.63, 3.8) is 0 Å². The summed E-state index contributed by atoms with van der Waals surface area (Å²) in [5.41, 5.74) is 6.80. The van der Waals surface area contributed by atoms with Crippen LogP contribution in [0.3, 0.4) is 0 Å². The Hall–Kier alpha value is -2.98. The van der Waals surface area contributed by atoms with Crippen molar-refractivity contribution in [1.82, 2.24) is 15.5 Å². The Bertz CT molecular complexity index is 834. The molecule has 0 saturated carbocycles. The van der Waals surface area contributed by atoms with Crippen LogP contribution in [0.2, 0.25) is 0 Å². The molecule has 0 aromatic heterocycles. The first kappa shape index (κ1) is 26.3. The molecular weight excluding hydrogens is 428 g/mol. The van der Waals surface area contributed by atoms with E-state index in [0.29, 0.717) is 19.3 Å². The van der Waals surface area contributed by atoms with Gasteiger partial charge in [0.2, 0.25) is 17.7 Å². The van der Waals surface area contributed by atoms with Gasteiger partial charge in [-0.15, -0.1) is 0 Å². The number of nitrogens with two attached hydrogens (primary N) is 1. The highest BCUT2D eigenvalue weighted by atomic mass is 16.4. The van der Waals surface area contributed by atoms with E-state index in [9.17, 15) is 29.4 Å². The lowest BCUT2D eigenvalue weighted by atomic mass is 9.98. The predicted molar refractivity (Wildman–Crippen MR) is 121 cm³/mol. The highest BCUT2D eigenvalue weighted by Crippen LogP contribution is 2.18. The number of aliphatic carboxylic acids is 1. The second-order valence-corrected chi connectivity index (χ2v) is 8.43. The van der Waals surface area contributed by atoms with Crippen LogP contribution in [0.4, 0.5) is 0 Å². The quantitative estimate of drug-likeness (QED) is 0.300. The molecule has 1 saturated heterocycles. The maximum absolute atomic E-state index is 13.1. The van der Waals surface area contributed by atoms with Gasteiger partial charge in [0, 0.05) is 13.0 Å². The second-order valence-electron chi connectivity index (χ2n) is 8.43. The van der Waals surface area contributed by atoms with Crippen molar-refractivity contribution in [1.29, 1.82) is 0 Å². The third kappa shape index (κ3) is 7.00. The third-order valence-electron chi connectivity index (χ3n) is 6.09. The number of nitrogens with zero attached hydrogens (tertiary/aromatic N) is 1. The van der Waals surface area contributed by atoms with E-state index in [1.54, 1.807) is 24.3 Å². The van der Waals surface area contributed by atoms with Crippen LogP contribution in [0, 0.1) is 5.92 Å². The van der Waals surface area contributed by atoms with E-state index < -0.39 is 54.5 Å². The molecule has 1 aromatic carbocycles. The fraction of sp³-hybridized carbons (Fsp3) is 0.565. The van der Waals surface area contributed by atoms with E-state index in [1.165, 1.54) is 0 Å². The van der Waals surface area contributed by atoms with Crippen molar-refractivity contribution in [3.05, 3.63) is 35.9 Å². The maximum atomic E-state index is 13.1. The van der Waals surface area contributed by atoms with Gasteiger partial charge in [0.15, 0.2) is 0 Å². The molecule has 0 spiro atoms. The van der Waals surface area contributed by atoms with Crippen molar-refractivity contribution >= 4 is 23.7 Å². The smallest absolute Gasteiger partial charge is 0.326 e. The van der Waals surface area contributed by atoms with Crippen molar-refractivity contribution in [2.24, 2.45) is 11.7 Å². The van der Waals surface area contributed by atoms with Crippen LogP contribution >= 0.6 is 0 Å². The minimum Gasteiger partial charge on any atom is -0.480 e. The summed E-state index contributed by atoms with van der Waals surface area (Å²) in [6.07, 6.45) is 1.67. The van der Waals surface area contributed by atoms with E-state index in [4.69, 9.17) is 5.73 Å². The van der Waals surface area contributed by atoms with Crippen LogP contribution in [0.25, 0.3) is 0 Å². The first-order valence-corrected chi connectivity index (χ1v) is 11.2. The standard InChI is InChI=1S/C23H34N4O6/c1-3-14(2)19(24)21(30)25-16(12-15-8-5-4-6-9-15)20(29)26-17(13-28)22(31)27-11-7-10-18(27)23(32)33/h4-6,8-9,14,16-19,28H,3,7,10-13,24H2,1-2H3,(H,25,30)(H,26,29)(H,32,33). The zero-order chi connectivity index (χ0) is 24.5. The predicted octanol–water partition coefficient (Wildman–Crippen LogP) is -0.360. The fourth-order valence-electron chi connectivity index (χ4n) is 3.78. The number of nitrogens with one attached hydrogen (secondary N) is 2. The Morgan fingerprint density at radius 2 is 1.76 bits per heavy atom. The van der Waals surface area contributed by atoms with E-state index in [1.807, 2.05) is 19.9 Å². The van der Waals surface area contributed by atoms with Gasteiger partial charge in [-0.25, -0.2) is 4.79 Å². The zero-order valence-electron chi connectivity index (χ0n) is 19.1. The number of carbonyl (C=O) groups excluding carboxylic acids is 3. The van der Waals surface area contributed by atoms with Gasteiger partial charge >= 0.3 is 5.97 Å². The minimum atomic E-state index is -1.32. The number of carboxylic acid groups (broad SMARTS) is 1. The summed E-state index contributed by atoms with van der Waals surface area (Å²) < 4.78 is 0. The summed E-state index contributed by atoms with van der Waals surface area (Å²) in [4.78, 5) is 51.2. The van der Waals surface area contributed by atoms with Crippen LogP contribution in [0.1, 0.15) is 38.7 Å². The Morgan fingerprint density at radius 3 is 2.33 bits per heavy atom. The third-order valence-corrected chi connectivity index (χ3v) is 6.09. The van der Waals surface area contributed by atoms with E-state index in [2.05, 4.69) is 10.6 Å². The molecule has 0 bridgehead atoms. The monoisotopic (exact) mass is 462 g/mol. The van der Waals surface area contributed by atoms with Gasteiger partial charge in [-0.3, -0.25) is 14.4 Å². The highest BCUT2D eigenvalue weighted by Gasteiger charge is 2.38. The molecule has 6 N–H and O–H groups in total. The van der Waals surface area contributed by atoms with Crippen LogP contribution in [-0.2, 0) is 25.6 Å². The number of hydrogen-bond acceptors (Lipinski definition) is 6. The Balaban J connectivity index is 2.17. The molecule has 33 heavy (non-hydrogen) atoms. The molecule has 0 radical (unpaired) electrons. The Morgan fingerprint density at radius 1 is 1.12 bits per heavy atom. The summed E-state index contributed by atoms with van der Waals surface area (Å²) >= 11 is 0. The number of amides is 3.